The predicted octanol–water partition coefficient (Wildman–Crippen LogP) is 1.87. The SMILES string of the molecule is CC(=O)Cn1nccc1C(=O)N(C)c1ccc([B]OC(C)(C)C(C)(C)O)cc1C. The molecule has 1 amide bonds. The number of hydrogen-bond donors (Lipinski definition) is 1. The van der Waals surface area contributed by atoms with Crippen LogP contribution in [0.15, 0.2) is 30.5 Å². The van der Waals surface area contributed by atoms with Crippen molar-refractivity contribution < 1.29 is 19.3 Å². The van der Waals surface area contributed by atoms with Crippen LogP contribution in [0.25, 0.3) is 0 Å². The number of carbonyl (C=O) groups is 2. The highest BCUT2D eigenvalue weighted by Gasteiger charge is 2.35. The van der Waals surface area contributed by atoms with E-state index in [2.05, 4.69) is 5.10 Å². The Hall–Kier alpha value is -2.45. The van der Waals surface area contributed by atoms with Crippen LogP contribution in [0.3, 0.4) is 0 Å². The Bertz CT molecular complexity index is 900. The fourth-order valence-corrected chi connectivity index (χ4v) is 2.62. The van der Waals surface area contributed by atoms with Gasteiger partial charge in [-0.05, 0) is 59.2 Å². The van der Waals surface area contributed by atoms with E-state index in [1.165, 1.54) is 22.7 Å². The van der Waals surface area contributed by atoms with Crippen molar-refractivity contribution in [1.82, 2.24) is 9.78 Å². The standard InChI is InChI=1S/C21H29BN3O4/c1-14-12-16(22-29-21(5,6)20(3,4)28)8-9-17(14)24(7)19(27)18-10-11-23-25(18)13-15(2)26/h8-12,28H,13H2,1-7H3. The number of carbonyl (C=O) groups excluding carboxylic acids is 2. The highest BCUT2D eigenvalue weighted by atomic mass is 16.5. The number of hydrogen-bond acceptors (Lipinski definition) is 5. The number of amides is 1. The van der Waals surface area contributed by atoms with Gasteiger partial charge >= 0.3 is 7.48 Å². The van der Waals surface area contributed by atoms with Gasteiger partial charge in [0, 0.05) is 18.9 Å². The Labute approximate surface area is 172 Å². The summed E-state index contributed by atoms with van der Waals surface area (Å²) in [6, 6.07) is 7.20. The second kappa shape index (κ2) is 8.51. The molecule has 0 saturated heterocycles. The van der Waals surface area contributed by atoms with Crippen LogP contribution in [-0.2, 0) is 16.0 Å². The third kappa shape index (κ3) is 5.33. The summed E-state index contributed by atoms with van der Waals surface area (Å²) in [6.07, 6.45) is 1.51. The van der Waals surface area contributed by atoms with Crippen LogP contribution < -0.4 is 10.4 Å². The summed E-state index contributed by atoms with van der Waals surface area (Å²) in [5.41, 5.74) is 1.04. The summed E-state index contributed by atoms with van der Waals surface area (Å²) >= 11 is 0. The molecular weight excluding hydrogens is 369 g/mol. The molecule has 0 aliphatic heterocycles. The fourth-order valence-electron chi connectivity index (χ4n) is 2.62. The summed E-state index contributed by atoms with van der Waals surface area (Å²) in [5, 5.41) is 14.3. The maximum Gasteiger partial charge on any atom is 0.330 e. The summed E-state index contributed by atoms with van der Waals surface area (Å²) < 4.78 is 7.20. The second-order valence-corrected chi connectivity index (χ2v) is 8.29. The van der Waals surface area contributed by atoms with Crippen LogP contribution in [0.4, 0.5) is 5.69 Å². The molecule has 29 heavy (non-hydrogen) atoms. The van der Waals surface area contributed by atoms with E-state index in [1.807, 2.05) is 39.0 Å². The molecule has 0 saturated carbocycles. The van der Waals surface area contributed by atoms with E-state index in [0.29, 0.717) is 5.69 Å². The number of aliphatic hydroxyl groups is 1. The summed E-state index contributed by atoms with van der Waals surface area (Å²) in [6.45, 7) is 10.5. The fraction of sp³-hybridized carbons (Fsp3) is 0.476. The van der Waals surface area contributed by atoms with Gasteiger partial charge < -0.3 is 14.7 Å². The molecule has 2 aromatic rings. The Balaban J connectivity index is 2.17. The van der Waals surface area contributed by atoms with E-state index in [9.17, 15) is 14.7 Å². The topological polar surface area (TPSA) is 84.7 Å². The minimum absolute atomic E-state index is 0.0587. The van der Waals surface area contributed by atoms with Gasteiger partial charge in [0.25, 0.3) is 5.91 Å². The molecule has 0 unspecified atom stereocenters. The third-order valence-corrected chi connectivity index (χ3v) is 5.16. The van der Waals surface area contributed by atoms with E-state index in [1.54, 1.807) is 34.4 Å². The Morgan fingerprint density at radius 3 is 2.45 bits per heavy atom. The minimum Gasteiger partial charge on any atom is -0.427 e. The maximum atomic E-state index is 12.9. The zero-order valence-electron chi connectivity index (χ0n) is 18.2. The van der Waals surface area contributed by atoms with Gasteiger partial charge in [0.1, 0.15) is 12.2 Å². The number of rotatable bonds is 8. The highest BCUT2D eigenvalue weighted by Crippen LogP contribution is 2.24. The Morgan fingerprint density at radius 1 is 1.24 bits per heavy atom. The van der Waals surface area contributed by atoms with Gasteiger partial charge in [-0.1, -0.05) is 17.6 Å². The smallest absolute Gasteiger partial charge is 0.330 e. The van der Waals surface area contributed by atoms with Crippen LogP contribution >= 0.6 is 0 Å². The Kier molecular flexibility index (Phi) is 6.70. The quantitative estimate of drug-likeness (QED) is 0.687. The van der Waals surface area contributed by atoms with E-state index in [0.717, 1.165) is 16.7 Å². The zero-order valence-corrected chi connectivity index (χ0v) is 18.2. The summed E-state index contributed by atoms with van der Waals surface area (Å²) in [7, 11) is 3.30. The third-order valence-electron chi connectivity index (χ3n) is 5.16. The first-order valence-corrected chi connectivity index (χ1v) is 9.47. The molecule has 1 aromatic heterocycles. The normalized spacial score (nSPS) is 12.0. The number of aryl methyl sites for hydroxylation is 1. The molecule has 0 bridgehead atoms. The molecule has 1 radical (unpaired) electrons. The molecule has 8 heteroatoms. The van der Waals surface area contributed by atoms with E-state index < -0.39 is 11.2 Å². The molecule has 2 rings (SSSR count). The van der Waals surface area contributed by atoms with Crippen LogP contribution in [0.1, 0.15) is 50.7 Å². The van der Waals surface area contributed by atoms with Crippen molar-refractivity contribution in [2.75, 3.05) is 11.9 Å². The van der Waals surface area contributed by atoms with Crippen molar-refractivity contribution in [2.24, 2.45) is 0 Å². The first kappa shape index (κ1) is 22.8. The van der Waals surface area contributed by atoms with Gasteiger partial charge in [0.2, 0.25) is 0 Å². The van der Waals surface area contributed by atoms with Crippen LogP contribution in [0, 0.1) is 6.92 Å². The molecule has 0 aliphatic rings. The molecule has 1 N–H and O–H groups in total. The molecule has 0 fully saturated rings. The van der Waals surface area contributed by atoms with E-state index in [4.69, 9.17) is 4.65 Å². The van der Waals surface area contributed by atoms with Crippen LogP contribution in [-0.4, -0.2) is 52.3 Å². The zero-order chi connectivity index (χ0) is 22.0. The van der Waals surface area contributed by atoms with Gasteiger partial charge in [-0.2, -0.15) is 5.10 Å². The molecule has 7 nitrogen and oxygen atoms in total. The average molecular weight is 398 g/mol. The molecule has 0 aliphatic carbocycles. The number of nitrogens with zero attached hydrogens (tertiary/aromatic N) is 3. The van der Waals surface area contributed by atoms with Crippen molar-refractivity contribution in [3.8, 4) is 0 Å². The highest BCUT2D eigenvalue weighted by molar-refractivity contribution is 6.47. The number of Topliss-reactive ketones (excluding diaryl/α,β-unsaturated/α-hetero) is 1. The summed E-state index contributed by atoms with van der Waals surface area (Å²) in [5.74, 6) is -0.321. The average Bonchev–Trinajstić information content (AvgIpc) is 3.05. The van der Waals surface area contributed by atoms with Crippen molar-refractivity contribution >= 4 is 30.3 Å². The minimum atomic E-state index is -1.01. The van der Waals surface area contributed by atoms with Gasteiger partial charge in [0.05, 0.1) is 11.2 Å². The predicted molar refractivity (Wildman–Crippen MR) is 114 cm³/mol. The molecule has 1 aromatic carbocycles. The van der Waals surface area contributed by atoms with Crippen molar-refractivity contribution in [3.63, 3.8) is 0 Å². The molecule has 0 spiro atoms. The van der Waals surface area contributed by atoms with Crippen LogP contribution in [0.5, 0.6) is 0 Å². The first-order valence-electron chi connectivity index (χ1n) is 9.47. The largest absolute Gasteiger partial charge is 0.427 e. The lowest BCUT2D eigenvalue weighted by molar-refractivity contribution is -0.117. The number of aromatic nitrogens is 2. The van der Waals surface area contributed by atoms with Crippen molar-refractivity contribution in [2.45, 2.75) is 59.3 Å². The number of ketones is 1. The molecule has 0 atom stereocenters. The molecule has 1 heterocycles. The lowest BCUT2D eigenvalue weighted by atomic mass is 9.82. The number of benzene rings is 1. The van der Waals surface area contributed by atoms with Crippen LogP contribution in [0.2, 0.25) is 0 Å². The van der Waals surface area contributed by atoms with Crippen molar-refractivity contribution in [3.05, 3.63) is 41.7 Å². The summed E-state index contributed by atoms with van der Waals surface area (Å²) in [4.78, 5) is 25.8. The second-order valence-electron chi connectivity index (χ2n) is 8.29. The van der Waals surface area contributed by atoms with Gasteiger partial charge in [-0.3, -0.25) is 14.3 Å². The van der Waals surface area contributed by atoms with E-state index >= 15 is 0 Å². The van der Waals surface area contributed by atoms with Crippen molar-refractivity contribution in [1.29, 1.82) is 0 Å². The van der Waals surface area contributed by atoms with E-state index in [-0.39, 0.29) is 18.2 Å². The lowest BCUT2D eigenvalue weighted by Gasteiger charge is -2.37. The lowest BCUT2D eigenvalue weighted by Crippen LogP contribution is -2.49. The first-order chi connectivity index (χ1) is 13.3. The maximum absolute atomic E-state index is 12.9. The number of anilines is 1. The molecule has 155 valence electrons. The Morgan fingerprint density at radius 2 is 1.90 bits per heavy atom. The van der Waals surface area contributed by atoms with Gasteiger partial charge in [-0.15, -0.1) is 0 Å². The van der Waals surface area contributed by atoms with Gasteiger partial charge in [0.15, 0.2) is 5.78 Å². The van der Waals surface area contributed by atoms with Gasteiger partial charge in [-0.25, -0.2) is 0 Å². The monoisotopic (exact) mass is 398 g/mol. The molecular formula is C21H29BN3O4.